The van der Waals surface area contributed by atoms with Gasteiger partial charge in [0.2, 0.25) is 0 Å². The number of aromatic nitrogens is 1. The van der Waals surface area contributed by atoms with Gasteiger partial charge in [0.15, 0.2) is 5.11 Å². The SMILES string of the molecule is S=C(NC1CC1)N1CCN(CCc2ccncc2)CC1. The Hall–Kier alpha value is -1.20. The normalized spacial score (nSPS) is 19.9. The van der Waals surface area contributed by atoms with Crippen molar-refractivity contribution in [3.63, 3.8) is 0 Å². The van der Waals surface area contributed by atoms with E-state index in [4.69, 9.17) is 12.2 Å². The molecule has 1 aromatic heterocycles. The zero-order valence-corrected chi connectivity index (χ0v) is 12.6. The molecule has 0 aromatic carbocycles. The minimum Gasteiger partial charge on any atom is -0.360 e. The Kier molecular flexibility index (Phi) is 4.47. The van der Waals surface area contributed by atoms with E-state index < -0.39 is 0 Å². The Morgan fingerprint density at radius 2 is 1.90 bits per heavy atom. The number of hydrogen-bond donors (Lipinski definition) is 1. The highest BCUT2D eigenvalue weighted by Gasteiger charge is 2.25. The second-order valence-corrected chi connectivity index (χ2v) is 6.04. The molecular weight excluding hydrogens is 268 g/mol. The summed E-state index contributed by atoms with van der Waals surface area (Å²) < 4.78 is 0. The van der Waals surface area contributed by atoms with Crippen LogP contribution in [0.15, 0.2) is 24.5 Å². The van der Waals surface area contributed by atoms with E-state index in [-0.39, 0.29) is 0 Å². The summed E-state index contributed by atoms with van der Waals surface area (Å²) in [5.74, 6) is 0. The lowest BCUT2D eigenvalue weighted by Gasteiger charge is -2.36. The highest BCUT2D eigenvalue weighted by Crippen LogP contribution is 2.19. The van der Waals surface area contributed by atoms with E-state index in [0.29, 0.717) is 6.04 Å². The largest absolute Gasteiger partial charge is 0.360 e. The van der Waals surface area contributed by atoms with Crippen molar-refractivity contribution in [3.05, 3.63) is 30.1 Å². The number of nitrogens with zero attached hydrogens (tertiary/aromatic N) is 3. The number of piperazine rings is 1. The summed E-state index contributed by atoms with van der Waals surface area (Å²) in [4.78, 5) is 8.90. The molecule has 2 heterocycles. The van der Waals surface area contributed by atoms with Gasteiger partial charge in [0, 0.05) is 51.2 Å². The summed E-state index contributed by atoms with van der Waals surface area (Å²) in [6.07, 6.45) is 7.41. The first-order valence-corrected chi connectivity index (χ1v) is 7.89. The van der Waals surface area contributed by atoms with Crippen LogP contribution in [0.5, 0.6) is 0 Å². The Morgan fingerprint density at radius 1 is 1.20 bits per heavy atom. The maximum absolute atomic E-state index is 5.46. The van der Waals surface area contributed by atoms with Crippen LogP contribution in [0.25, 0.3) is 0 Å². The molecule has 3 rings (SSSR count). The molecule has 20 heavy (non-hydrogen) atoms. The van der Waals surface area contributed by atoms with Gasteiger partial charge < -0.3 is 10.2 Å². The van der Waals surface area contributed by atoms with Gasteiger partial charge in [0.1, 0.15) is 0 Å². The number of hydrogen-bond acceptors (Lipinski definition) is 3. The Bertz CT molecular complexity index is 438. The third kappa shape index (κ3) is 3.90. The average Bonchev–Trinajstić information content (AvgIpc) is 3.31. The van der Waals surface area contributed by atoms with E-state index in [1.54, 1.807) is 0 Å². The Labute approximate surface area is 126 Å². The molecule has 1 aliphatic heterocycles. The monoisotopic (exact) mass is 290 g/mol. The summed E-state index contributed by atoms with van der Waals surface area (Å²) >= 11 is 5.46. The zero-order chi connectivity index (χ0) is 13.8. The lowest BCUT2D eigenvalue weighted by atomic mass is 10.2. The van der Waals surface area contributed by atoms with Crippen LogP contribution in [-0.4, -0.2) is 58.7 Å². The van der Waals surface area contributed by atoms with E-state index in [9.17, 15) is 0 Å². The number of pyridine rings is 1. The van der Waals surface area contributed by atoms with Crippen LogP contribution in [0.2, 0.25) is 0 Å². The van der Waals surface area contributed by atoms with Crippen molar-refractivity contribution < 1.29 is 0 Å². The second kappa shape index (κ2) is 6.50. The van der Waals surface area contributed by atoms with E-state index in [1.165, 1.54) is 18.4 Å². The van der Waals surface area contributed by atoms with Crippen LogP contribution < -0.4 is 5.32 Å². The molecule has 1 aromatic rings. The average molecular weight is 290 g/mol. The van der Waals surface area contributed by atoms with Crippen molar-refractivity contribution in [2.45, 2.75) is 25.3 Å². The zero-order valence-electron chi connectivity index (χ0n) is 11.8. The molecule has 0 bridgehead atoms. The smallest absolute Gasteiger partial charge is 0.169 e. The second-order valence-electron chi connectivity index (χ2n) is 5.66. The minimum atomic E-state index is 0.659. The maximum Gasteiger partial charge on any atom is 0.169 e. The molecule has 1 aliphatic carbocycles. The molecular formula is C15H22N4S. The van der Waals surface area contributed by atoms with E-state index in [2.05, 4.69) is 32.2 Å². The standard InChI is InChI=1S/C15H22N4S/c20-15(17-14-1-2-14)19-11-9-18(10-12-19)8-5-13-3-6-16-7-4-13/h3-4,6-7,14H,1-2,5,8-12H2,(H,17,20). The van der Waals surface area contributed by atoms with Crippen LogP contribution in [0, 0.1) is 0 Å². The van der Waals surface area contributed by atoms with E-state index in [0.717, 1.165) is 44.3 Å². The number of nitrogens with one attached hydrogen (secondary N) is 1. The fraction of sp³-hybridized carbons (Fsp3) is 0.600. The van der Waals surface area contributed by atoms with Gasteiger partial charge in [-0.2, -0.15) is 0 Å². The molecule has 0 unspecified atom stereocenters. The van der Waals surface area contributed by atoms with Gasteiger partial charge in [0.05, 0.1) is 0 Å². The fourth-order valence-corrected chi connectivity index (χ4v) is 2.85. The van der Waals surface area contributed by atoms with Gasteiger partial charge in [0.25, 0.3) is 0 Å². The molecule has 5 heteroatoms. The third-order valence-electron chi connectivity index (χ3n) is 4.03. The van der Waals surface area contributed by atoms with Crippen LogP contribution in [-0.2, 0) is 6.42 Å². The third-order valence-corrected chi connectivity index (χ3v) is 4.41. The summed E-state index contributed by atoms with van der Waals surface area (Å²) in [5.41, 5.74) is 1.37. The van der Waals surface area contributed by atoms with Crippen LogP contribution in [0.1, 0.15) is 18.4 Å². The van der Waals surface area contributed by atoms with Crippen molar-refractivity contribution in [1.29, 1.82) is 0 Å². The van der Waals surface area contributed by atoms with Crippen molar-refractivity contribution in [1.82, 2.24) is 20.1 Å². The van der Waals surface area contributed by atoms with Crippen molar-refractivity contribution in [3.8, 4) is 0 Å². The molecule has 108 valence electrons. The highest BCUT2D eigenvalue weighted by atomic mass is 32.1. The van der Waals surface area contributed by atoms with Crippen LogP contribution >= 0.6 is 12.2 Å². The molecule has 1 N–H and O–H groups in total. The molecule has 2 fully saturated rings. The summed E-state index contributed by atoms with van der Waals surface area (Å²) in [6, 6.07) is 4.86. The van der Waals surface area contributed by atoms with Crippen LogP contribution in [0.4, 0.5) is 0 Å². The van der Waals surface area contributed by atoms with E-state index in [1.807, 2.05) is 12.4 Å². The molecule has 0 radical (unpaired) electrons. The van der Waals surface area contributed by atoms with Gasteiger partial charge >= 0.3 is 0 Å². The topological polar surface area (TPSA) is 31.4 Å². The number of rotatable bonds is 4. The van der Waals surface area contributed by atoms with Gasteiger partial charge in [-0.25, -0.2) is 0 Å². The van der Waals surface area contributed by atoms with Gasteiger partial charge in [-0.3, -0.25) is 9.88 Å². The molecule has 1 saturated carbocycles. The van der Waals surface area contributed by atoms with Crippen molar-refractivity contribution in [2.24, 2.45) is 0 Å². The molecule has 1 saturated heterocycles. The molecule has 0 spiro atoms. The predicted molar refractivity (Wildman–Crippen MR) is 84.7 cm³/mol. The first kappa shape index (κ1) is 13.8. The minimum absolute atomic E-state index is 0.659. The highest BCUT2D eigenvalue weighted by molar-refractivity contribution is 7.80. The lowest BCUT2D eigenvalue weighted by Crippen LogP contribution is -2.52. The molecule has 2 aliphatic rings. The molecule has 0 atom stereocenters. The molecule has 0 amide bonds. The quantitative estimate of drug-likeness (QED) is 0.844. The Balaban J connectivity index is 1.38. The van der Waals surface area contributed by atoms with Gasteiger partial charge in [-0.15, -0.1) is 0 Å². The van der Waals surface area contributed by atoms with Crippen molar-refractivity contribution in [2.75, 3.05) is 32.7 Å². The first-order chi connectivity index (χ1) is 9.81. The first-order valence-electron chi connectivity index (χ1n) is 7.48. The Morgan fingerprint density at radius 3 is 2.55 bits per heavy atom. The van der Waals surface area contributed by atoms with Gasteiger partial charge in [-0.05, 0) is 49.2 Å². The van der Waals surface area contributed by atoms with Crippen molar-refractivity contribution >= 4 is 17.3 Å². The predicted octanol–water partition coefficient (Wildman–Crippen LogP) is 1.28. The lowest BCUT2D eigenvalue weighted by molar-refractivity contribution is 0.183. The fourth-order valence-electron chi connectivity index (χ4n) is 2.50. The maximum atomic E-state index is 5.46. The number of thiocarbonyl (C=S) groups is 1. The summed E-state index contributed by atoms with van der Waals surface area (Å²) in [7, 11) is 0. The van der Waals surface area contributed by atoms with Crippen LogP contribution in [0.3, 0.4) is 0 Å². The van der Waals surface area contributed by atoms with Gasteiger partial charge in [-0.1, -0.05) is 0 Å². The van der Waals surface area contributed by atoms with E-state index >= 15 is 0 Å². The summed E-state index contributed by atoms with van der Waals surface area (Å²) in [5, 5.41) is 4.39. The molecule has 4 nitrogen and oxygen atoms in total. The summed E-state index contributed by atoms with van der Waals surface area (Å²) in [6.45, 7) is 5.44.